The fourth-order valence-corrected chi connectivity index (χ4v) is 3.52. The van der Waals surface area contributed by atoms with Crippen molar-refractivity contribution in [1.29, 1.82) is 0 Å². The second-order valence-electron chi connectivity index (χ2n) is 8.30. The summed E-state index contributed by atoms with van der Waals surface area (Å²) < 4.78 is 62.1. The van der Waals surface area contributed by atoms with Crippen LogP contribution in [0.2, 0.25) is 0 Å². The number of morpholine rings is 1. The molecule has 2 heterocycles. The predicted octanol–water partition coefficient (Wildman–Crippen LogP) is 3.90. The second kappa shape index (κ2) is 14.2. The van der Waals surface area contributed by atoms with Crippen LogP contribution in [-0.2, 0) is 9.53 Å². The highest BCUT2D eigenvalue weighted by Crippen LogP contribution is 2.32. The second-order valence-corrected chi connectivity index (χ2v) is 8.30. The number of amides is 1. The number of hydrogen-bond donors (Lipinski definition) is 3. The standard InChI is InChI=1S/C23H26FN5O4.C2HF3O2/c1-31-20-15-16(26-21(30)17-5-2-3-6-19(17)24)7-8-18(20)22-27-28-23(33-22)25-9-4-10-29-11-13-32-14-12-29;3-2(4,5)1(6)7/h2-3,5-8,15H,4,9-14H2,1H3,(H,25,28)(H,26,30);(H,6,7). The van der Waals surface area contributed by atoms with Crippen LogP contribution in [0.5, 0.6) is 5.75 Å². The van der Waals surface area contributed by atoms with Crippen LogP contribution in [0.1, 0.15) is 16.8 Å². The van der Waals surface area contributed by atoms with Crippen molar-refractivity contribution in [3.05, 3.63) is 53.8 Å². The van der Waals surface area contributed by atoms with Gasteiger partial charge < -0.3 is 29.6 Å². The average Bonchev–Trinajstić information content (AvgIpc) is 3.40. The monoisotopic (exact) mass is 569 g/mol. The number of nitrogens with zero attached hydrogens (tertiary/aromatic N) is 3. The maximum atomic E-state index is 13.9. The summed E-state index contributed by atoms with van der Waals surface area (Å²) in [5.41, 5.74) is 0.988. The number of methoxy groups -OCH3 is 1. The van der Waals surface area contributed by atoms with Crippen molar-refractivity contribution in [3.8, 4) is 17.2 Å². The Labute approximate surface area is 226 Å². The molecule has 1 aliphatic heterocycles. The maximum Gasteiger partial charge on any atom is 0.490 e. The zero-order valence-corrected chi connectivity index (χ0v) is 21.3. The SMILES string of the molecule is COc1cc(NC(=O)c2ccccc2F)ccc1-c1nnc(NCCCN2CCOCC2)o1.O=C(O)C(F)(F)F. The van der Waals surface area contributed by atoms with Crippen molar-refractivity contribution < 1.29 is 46.1 Å². The van der Waals surface area contributed by atoms with Gasteiger partial charge in [-0.25, -0.2) is 9.18 Å². The van der Waals surface area contributed by atoms with Crippen molar-refractivity contribution in [2.45, 2.75) is 12.6 Å². The topological polar surface area (TPSA) is 139 Å². The molecular formula is C25H27F4N5O6. The first-order chi connectivity index (χ1) is 19.1. The van der Waals surface area contributed by atoms with Crippen LogP contribution in [0, 0.1) is 5.82 Å². The van der Waals surface area contributed by atoms with E-state index >= 15 is 0 Å². The van der Waals surface area contributed by atoms with Gasteiger partial charge in [-0.15, -0.1) is 5.10 Å². The lowest BCUT2D eigenvalue weighted by atomic mass is 10.1. The van der Waals surface area contributed by atoms with E-state index in [4.69, 9.17) is 23.8 Å². The molecule has 4 rings (SSSR count). The number of carbonyl (C=O) groups is 2. The Bertz CT molecular complexity index is 1280. The van der Waals surface area contributed by atoms with E-state index in [0.29, 0.717) is 29.6 Å². The fourth-order valence-electron chi connectivity index (χ4n) is 3.52. The van der Waals surface area contributed by atoms with Crippen LogP contribution in [0.4, 0.5) is 29.3 Å². The van der Waals surface area contributed by atoms with Gasteiger partial charge in [0.15, 0.2) is 0 Å². The molecule has 0 atom stereocenters. The number of rotatable bonds is 9. The minimum Gasteiger partial charge on any atom is -0.496 e. The van der Waals surface area contributed by atoms with E-state index in [9.17, 15) is 22.4 Å². The Balaban J connectivity index is 0.000000559. The summed E-state index contributed by atoms with van der Waals surface area (Å²) >= 11 is 0. The lowest BCUT2D eigenvalue weighted by molar-refractivity contribution is -0.192. The number of aliphatic carboxylic acids is 1. The summed E-state index contributed by atoms with van der Waals surface area (Å²) in [6, 6.07) is 11.1. The summed E-state index contributed by atoms with van der Waals surface area (Å²) in [4.78, 5) is 23.6. The molecule has 0 radical (unpaired) electrons. The molecule has 2 aromatic carbocycles. The Kier molecular flexibility index (Phi) is 10.8. The molecule has 3 aromatic rings. The summed E-state index contributed by atoms with van der Waals surface area (Å²) in [6.07, 6.45) is -4.14. The molecule has 11 nitrogen and oxygen atoms in total. The Morgan fingerprint density at radius 3 is 2.48 bits per heavy atom. The molecule has 0 aliphatic carbocycles. The number of nitrogens with one attached hydrogen (secondary N) is 2. The molecule has 3 N–H and O–H groups in total. The Morgan fingerprint density at radius 1 is 1.12 bits per heavy atom. The first-order valence-corrected chi connectivity index (χ1v) is 12.0. The highest BCUT2D eigenvalue weighted by Gasteiger charge is 2.38. The highest BCUT2D eigenvalue weighted by molar-refractivity contribution is 6.04. The molecule has 1 aliphatic rings. The van der Waals surface area contributed by atoms with Crippen LogP contribution in [-0.4, -0.2) is 84.8 Å². The third kappa shape index (κ3) is 8.91. The van der Waals surface area contributed by atoms with Crippen LogP contribution < -0.4 is 15.4 Å². The van der Waals surface area contributed by atoms with Gasteiger partial charge in [-0.05, 0) is 37.2 Å². The predicted molar refractivity (Wildman–Crippen MR) is 135 cm³/mol. The molecule has 1 aromatic heterocycles. The van der Waals surface area contributed by atoms with Gasteiger partial charge in [0.2, 0.25) is 0 Å². The number of carboxylic acid groups (broad SMARTS) is 1. The van der Waals surface area contributed by atoms with Gasteiger partial charge in [-0.3, -0.25) is 9.69 Å². The summed E-state index contributed by atoms with van der Waals surface area (Å²) in [5, 5.41) is 21.1. The largest absolute Gasteiger partial charge is 0.496 e. The van der Waals surface area contributed by atoms with E-state index < -0.39 is 23.9 Å². The van der Waals surface area contributed by atoms with Crippen molar-refractivity contribution in [3.63, 3.8) is 0 Å². The first-order valence-electron chi connectivity index (χ1n) is 12.0. The number of hydrogen-bond acceptors (Lipinski definition) is 9. The molecule has 1 saturated heterocycles. The minimum atomic E-state index is -5.08. The molecule has 1 fully saturated rings. The van der Waals surface area contributed by atoms with Gasteiger partial charge >= 0.3 is 18.2 Å². The van der Waals surface area contributed by atoms with Crippen LogP contribution >= 0.6 is 0 Å². The number of carbonyl (C=O) groups excluding carboxylic acids is 1. The molecular weight excluding hydrogens is 542 g/mol. The highest BCUT2D eigenvalue weighted by atomic mass is 19.4. The van der Waals surface area contributed by atoms with E-state index in [-0.39, 0.29) is 11.5 Å². The number of alkyl halides is 3. The maximum absolute atomic E-state index is 13.9. The normalized spacial score (nSPS) is 13.6. The smallest absolute Gasteiger partial charge is 0.490 e. The summed E-state index contributed by atoms with van der Waals surface area (Å²) in [5.74, 6) is -3.18. The number of anilines is 2. The van der Waals surface area contributed by atoms with Crippen LogP contribution in [0.15, 0.2) is 46.9 Å². The molecule has 40 heavy (non-hydrogen) atoms. The van der Waals surface area contributed by atoms with Crippen molar-refractivity contribution >= 4 is 23.6 Å². The third-order valence-electron chi connectivity index (χ3n) is 5.51. The van der Waals surface area contributed by atoms with E-state index in [0.717, 1.165) is 39.3 Å². The van der Waals surface area contributed by atoms with E-state index in [1.807, 2.05) is 0 Å². The number of benzene rings is 2. The lowest BCUT2D eigenvalue weighted by Gasteiger charge is -2.26. The van der Waals surface area contributed by atoms with Crippen LogP contribution in [0.3, 0.4) is 0 Å². The summed E-state index contributed by atoms with van der Waals surface area (Å²) in [7, 11) is 1.50. The van der Waals surface area contributed by atoms with Crippen molar-refractivity contribution in [2.24, 2.45) is 0 Å². The fraction of sp³-hybridized carbons (Fsp3) is 0.360. The zero-order chi connectivity index (χ0) is 29.1. The number of halogens is 4. The molecule has 15 heteroatoms. The molecule has 216 valence electrons. The van der Waals surface area contributed by atoms with E-state index in [1.54, 1.807) is 24.3 Å². The molecule has 0 bridgehead atoms. The molecule has 1 amide bonds. The number of aromatic nitrogens is 2. The summed E-state index contributed by atoms with van der Waals surface area (Å²) in [6.45, 7) is 5.17. The molecule has 0 unspecified atom stereocenters. The van der Waals surface area contributed by atoms with Crippen LogP contribution in [0.25, 0.3) is 11.5 Å². The number of carboxylic acids is 1. The quantitative estimate of drug-likeness (QED) is 0.257. The van der Waals surface area contributed by atoms with Gasteiger partial charge in [0, 0.05) is 31.4 Å². The van der Waals surface area contributed by atoms with Gasteiger partial charge in [0.1, 0.15) is 11.6 Å². The average molecular weight is 570 g/mol. The van der Waals surface area contributed by atoms with Gasteiger partial charge in [0.25, 0.3) is 11.8 Å². The first kappa shape index (κ1) is 30.3. The molecule has 0 saturated carbocycles. The number of ether oxygens (including phenoxy) is 2. The lowest BCUT2D eigenvalue weighted by Crippen LogP contribution is -2.37. The van der Waals surface area contributed by atoms with Gasteiger partial charge in [-0.2, -0.15) is 13.2 Å². The third-order valence-corrected chi connectivity index (χ3v) is 5.51. The van der Waals surface area contributed by atoms with Gasteiger partial charge in [0.05, 0.1) is 31.5 Å². The van der Waals surface area contributed by atoms with Crippen molar-refractivity contribution in [1.82, 2.24) is 15.1 Å². The van der Waals surface area contributed by atoms with Crippen molar-refractivity contribution in [2.75, 3.05) is 57.1 Å². The van der Waals surface area contributed by atoms with Gasteiger partial charge in [-0.1, -0.05) is 17.2 Å². The molecule has 0 spiro atoms. The van der Waals surface area contributed by atoms with E-state index in [1.165, 1.54) is 25.3 Å². The zero-order valence-electron chi connectivity index (χ0n) is 21.3. The minimum absolute atomic E-state index is 0.0400. The Hall–Kier alpha value is -4.24. The Morgan fingerprint density at radius 2 is 1.82 bits per heavy atom. The van der Waals surface area contributed by atoms with E-state index in [2.05, 4.69) is 25.7 Å².